The minimum Gasteiger partial charge on any atom is -0.508 e. The Hall–Kier alpha value is -3.58. The number of hydrogen-bond donors (Lipinski definition) is 2. The summed E-state index contributed by atoms with van der Waals surface area (Å²) >= 11 is 0. The summed E-state index contributed by atoms with van der Waals surface area (Å²) in [6.45, 7) is 4.11. The van der Waals surface area contributed by atoms with Gasteiger partial charge in [-0.1, -0.05) is 18.2 Å². The highest BCUT2D eigenvalue weighted by Gasteiger charge is 2.30. The van der Waals surface area contributed by atoms with Crippen LogP contribution in [-0.2, 0) is 0 Å². The molecule has 0 bridgehead atoms. The van der Waals surface area contributed by atoms with Crippen LogP contribution in [0.1, 0.15) is 36.1 Å². The number of aromatic hydroxyl groups is 2. The van der Waals surface area contributed by atoms with E-state index in [0.717, 1.165) is 35.2 Å². The fourth-order valence-corrected chi connectivity index (χ4v) is 5.04. The SMILES string of the molecule is CC1=C(c2cccc(O)c2)C(c2ccc(OCCN3CC[C@@H](CF)C3)c(F)c2)Oc2ccc(O)cc21. The van der Waals surface area contributed by atoms with Gasteiger partial charge in [0.15, 0.2) is 11.6 Å². The summed E-state index contributed by atoms with van der Waals surface area (Å²) in [4.78, 5) is 2.14. The van der Waals surface area contributed by atoms with Gasteiger partial charge >= 0.3 is 0 Å². The average molecular weight is 494 g/mol. The number of benzene rings is 3. The molecule has 0 aromatic heterocycles. The zero-order chi connectivity index (χ0) is 25.2. The maximum atomic E-state index is 15.1. The molecule has 1 saturated heterocycles. The molecule has 3 aromatic carbocycles. The lowest BCUT2D eigenvalue weighted by Crippen LogP contribution is -2.26. The second-order valence-electron chi connectivity index (χ2n) is 9.42. The lowest BCUT2D eigenvalue weighted by molar-refractivity contribution is 0.222. The molecule has 1 fully saturated rings. The summed E-state index contributed by atoms with van der Waals surface area (Å²) in [7, 11) is 0. The molecule has 1 unspecified atom stereocenters. The van der Waals surface area contributed by atoms with E-state index in [4.69, 9.17) is 9.47 Å². The molecule has 0 saturated carbocycles. The van der Waals surface area contributed by atoms with Gasteiger partial charge in [0.05, 0.1) is 6.67 Å². The third-order valence-corrected chi connectivity index (χ3v) is 6.95. The van der Waals surface area contributed by atoms with Crippen molar-refractivity contribution in [2.45, 2.75) is 19.4 Å². The standard InChI is InChI=1S/C29H29F2NO4/c1-18-24-15-23(34)6-8-26(24)36-29(28(18)20-3-2-4-22(33)13-20)21-5-7-27(25(31)14-21)35-12-11-32-10-9-19(16-30)17-32/h2-8,13-15,19,29,33-34H,9-12,16-17H2,1H3/t19-,29?/m0/s1. The van der Waals surface area contributed by atoms with Crippen LogP contribution in [0.5, 0.6) is 23.0 Å². The summed E-state index contributed by atoms with van der Waals surface area (Å²) < 4.78 is 40.0. The van der Waals surface area contributed by atoms with E-state index in [1.54, 1.807) is 48.5 Å². The van der Waals surface area contributed by atoms with Crippen molar-refractivity contribution in [1.82, 2.24) is 4.90 Å². The van der Waals surface area contributed by atoms with E-state index >= 15 is 4.39 Å². The van der Waals surface area contributed by atoms with Gasteiger partial charge in [0, 0.05) is 35.7 Å². The molecule has 188 valence electrons. The van der Waals surface area contributed by atoms with Crippen LogP contribution in [0.3, 0.4) is 0 Å². The molecular formula is C29H29F2NO4. The Kier molecular flexibility index (Phi) is 6.83. The van der Waals surface area contributed by atoms with E-state index in [-0.39, 0.29) is 29.8 Å². The first-order chi connectivity index (χ1) is 17.4. The number of ether oxygens (including phenoxy) is 2. The Morgan fingerprint density at radius 1 is 1.06 bits per heavy atom. The van der Waals surface area contributed by atoms with Crippen molar-refractivity contribution in [3.8, 4) is 23.0 Å². The molecular weight excluding hydrogens is 464 g/mol. The van der Waals surface area contributed by atoms with Gasteiger partial charge in [0.1, 0.15) is 30.0 Å². The number of halogens is 2. The first-order valence-electron chi connectivity index (χ1n) is 12.1. The first-order valence-corrected chi connectivity index (χ1v) is 12.1. The number of phenols is 2. The molecule has 2 heterocycles. The number of allylic oxidation sites excluding steroid dienone is 1. The van der Waals surface area contributed by atoms with Crippen molar-refractivity contribution in [2.24, 2.45) is 5.92 Å². The van der Waals surface area contributed by atoms with Gasteiger partial charge in [0.2, 0.25) is 0 Å². The maximum Gasteiger partial charge on any atom is 0.165 e. The Bertz CT molecular complexity index is 1290. The quantitative estimate of drug-likeness (QED) is 0.425. The molecule has 2 atom stereocenters. The molecule has 0 aliphatic carbocycles. The van der Waals surface area contributed by atoms with Crippen LogP contribution in [0.2, 0.25) is 0 Å². The molecule has 7 heteroatoms. The van der Waals surface area contributed by atoms with Gasteiger partial charge in [-0.3, -0.25) is 9.29 Å². The highest BCUT2D eigenvalue weighted by molar-refractivity contribution is 5.95. The highest BCUT2D eigenvalue weighted by atomic mass is 19.1. The Labute approximate surface area is 209 Å². The lowest BCUT2D eigenvalue weighted by Gasteiger charge is -2.31. The summed E-state index contributed by atoms with van der Waals surface area (Å²) in [5.41, 5.74) is 3.71. The molecule has 2 N–H and O–H groups in total. The van der Waals surface area contributed by atoms with Crippen molar-refractivity contribution >= 4 is 11.1 Å². The number of phenolic OH excluding ortho intramolecular Hbond substituents is 2. The largest absolute Gasteiger partial charge is 0.508 e. The zero-order valence-corrected chi connectivity index (χ0v) is 20.1. The van der Waals surface area contributed by atoms with Crippen molar-refractivity contribution in [3.05, 3.63) is 83.2 Å². The van der Waals surface area contributed by atoms with Gasteiger partial charge in [0.25, 0.3) is 0 Å². The molecule has 2 aliphatic rings. The third-order valence-electron chi connectivity index (χ3n) is 6.95. The van der Waals surface area contributed by atoms with Crippen molar-refractivity contribution in [2.75, 3.05) is 32.9 Å². The van der Waals surface area contributed by atoms with Crippen molar-refractivity contribution < 1.29 is 28.5 Å². The Morgan fingerprint density at radius 2 is 1.89 bits per heavy atom. The van der Waals surface area contributed by atoms with Gasteiger partial charge in [-0.2, -0.15) is 0 Å². The van der Waals surface area contributed by atoms with E-state index in [1.807, 2.05) is 13.0 Å². The molecule has 0 spiro atoms. The summed E-state index contributed by atoms with van der Waals surface area (Å²) in [6.07, 6.45) is 0.215. The van der Waals surface area contributed by atoms with Crippen molar-refractivity contribution in [3.63, 3.8) is 0 Å². The minimum absolute atomic E-state index is 0.0860. The minimum atomic E-state index is -0.630. The first kappa shape index (κ1) is 24.1. The van der Waals surface area contributed by atoms with Crippen LogP contribution in [0, 0.1) is 11.7 Å². The maximum absolute atomic E-state index is 15.1. The fraction of sp³-hybridized carbons (Fsp3) is 0.310. The van der Waals surface area contributed by atoms with Gasteiger partial charge in [-0.05, 0) is 73.5 Å². The molecule has 5 nitrogen and oxygen atoms in total. The van der Waals surface area contributed by atoms with Gasteiger partial charge in [-0.25, -0.2) is 4.39 Å². The number of likely N-dealkylation sites (tertiary alicyclic amines) is 1. The molecule has 36 heavy (non-hydrogen) atoms. The van der Waals surface area contributed by atoms with Crippen LogP contribution in [0.25, 0.3) is 11.1 Å². The molecule has 2 aliphatic heterocycles. The van der Waals surface area contributed by atoms with Crippen LogP contribution in [-0.4, -0.2) is 48.0 Å². The topological polar surface area (TPSA) is 62.2 Å². The number of rotatable bonds is 7. The van der Waals surface area contributed by atoms with E-state index in [9.17, 15) is 14.6 Å². The molecule has 0 radical (unpaired) electrons. The Morgan fingerprint density at radius 3 is 2.64 bits per heavy atom. The van der Waals surface area contributed by atoms with Gasteiger partial charge in [-0.15, -0.1) is 0 Å². The second-order valence-corrected chi connectivity index (χ2v) is 9.42. The number of alkyl halides is 1. The van der Waals surface area contributed by atoms with Crippen LogP contribution in [0.15, 0.2) is 60.7 Å². The van der Waals surface area contributed by atoms with Gasteiger partial charge < -0.3 is 19.7 Å². The Balaban J connectivity index is 1.41. The number of fused-ring (bicyclic) bond motifs is 1. The van der Waals surface area contributed by atoms with Crippen molar-refractivity contribution in [1.29, 1.82) is 0 Å². The number of hydrogen-bond acceptors (Lipinski definition) is 5. The molecule has 3 aromatic rings. The van der Waals surface area contributed by atoms with Crippen LogP contribution in [0.4, 0.5) is 8.78 Å². The monoisotopic (exact) mass is 493 g/mol. The number of nitrogens with zero attached hydrogens (tertiary/aromatic N) is 1. The lowest BCUT2D eigenvalue weighted by atomic mass is 9.86. The summed E-state index contributed by atoms with van der Waals surface area (Å²) in [6, 6.07) is 16.5. The predicted octanol–water partition coefficient (Wildman–Crippen LogP) is 5.97. The van der Waals surface area contributed by atoms with E-state index in [2.05, 4.69) is 4.90 Å². The normalized spacial score (nSPS) is 19.8. The van der Waals surface area contributed by atoms with Crippen LogP contribution >= 0.6 is 0 Å². The summed E-state index contributed by atoms with van der Waals surface area (Å²) in [5.74, 6) is 0.551. The smallest absolute Gasteiger partial charge is 0.165 e. The van der Waals surface area contributed by atoms with Crippen LogP contribution < -0.4 is 9.47 Å². The van der Waals surface area contributed by atoms with E-state index in [1.165, 1.54) is 6.07 Å². The average Bonchev–Trinajstić information content (AvgIpc) is 3.33. The van der Waals surface area contributed by atoms with E-state index < -0.39 is 11.9 Å². The summed E-state index contributed by atoms with van der Waals surface area (Å²) in [5, 5.41) is 20.1. The predicted molar refractivity (Wildman–Crippen MR) is 134 cm³/mol. The highest BCUT2D eigenvalue weighted by Crippen LogP contribution is 2.48. The fourth-order valence-electron chi connectivity index (χ4n) is 5.04. The molecule has 5 rings (SSSR count). The van der Waals surface area contributed by atoms with E-state index in [0.29, 0.717) is 31.0 Å². The second kappa shape index (κ2) is 10.2. The third kappa shape index (κ3) is 4.88. The molecule has 0 amide bonds. The zero-order valence-electron chi connectivity index (χ0n) is 20.1.